The Morgan fingerprint density at radius 1 is 1.39 bits per heavy atom. The number of rotatable bonds is 5. The zero-order valence-corrected chi connectivity index (χ0v) is 9.28. The summed E-state index contributed by atoms with van der Waals surface area (Å²) < 4.78 is 37.3. The second-order valence-corrected chi connectivity index (χ2v) is 3.84. The van der Waals surface area contributed by atoms with Gasteiger partial charge >= 0.3 is 12.1 Å². The van der Waals surface area contributed by atoms with Gasteiger partial charge in [0.05, 0.1) is 11.5 Å². The molecule has 0 bridgehead atoms. The largest absolute Gasteiger partial charge is 0.481 e. The van der Waals surface area contributed by atoms with Crippen molar-refractivity contribution in [1.29, 1.82) is 0 Å². The summed E-state index contributed by atoms with van der Waals surface area (Å²) in [5, 5.41) is 8.81. The number of aliphatic carboxylic acids is 1. The first-order valence-electron chi connectivity index (χ1n) is 5.17. The Morgan fingerprint density at radius 2 is 2.06 bits per heavy atom. The van der Waals surface area contributed by atoms with Crippen molar-refractivity contribution in [2.45, 2.75) is 19.0 Å². The normalized spacial score (nSPS) is 13.1. The maximum atomic E-state index is 12.4. The molecule has 18 heavy (non-hydrogen) atoms. The van der Waals surface area contributed by atoms with Crippen LogP contribution in [0.2, 0.25) is 0 Å². The monoisotopic (exact) mass is 260 g/mol. The highest BCUT2D eigenvalue weighted by Gasteiger charge is 2.30. The summed E-state index contributed by atoms with van der Waals surface area (Å²) in [6.45, 7) is 0. The lowest BCUT2D eigenvalue weighted by molar-refractivity contribution is -0.142. The van der Waals surface area contributed by atoms with Crippen molar-refractivity contribution in [3.05, 3.63) is 35.4 Å². The number of carboxylic acid groups (broad SMARTS) is 1. The van der Waals surface area contributed by atoms with E-state index in [1.807, 2.05) is 0 Å². The molecule has 0 heterocycles. The van der Waals surface area contributed by atoms with Gasteiger partial charge in [0.25, 0.3) is 0 Å². The SMILES string of the molecule is O=CCC(Cc1cccc(C(F)(F)F)c1)C(=O)O. The van der Waals surface area contributed by atoms with Crippen molar-refractivity contribution in [3.63, 3.8) is 0 Å². The van der Waals surface area contributed by atoms with Gasteiger partial charge in [0, 0.05) is 6.42 Å². The molecule has 0 amide bonds. The van der Waals surface area contributed by atoms with Crippen LogP contribution in [0.1, 0.15) is 17.5 Å². The van der Waals surface area contributed by atoms with Gasteiger partial charge in [-0.25, -0.2) is 0 Å². The van der Waals surface area contributed by atoms with Crippen molar-refractivity contribution in [3.8, 4) is 0 Å². The highest BCUT2D eigenvalue weighted by Crippen LogP contribution is 2.30. The first-order chi connectivity index (χ1) is 8.34. The molecule has 0 aromatic heterocycles. The molecule has 0 saturated heterocycles. The molecular formula is C12H11F3O3. The van der Waals surface area contributed by atoms with Crippen LogP contribution in [-0.2, 0) is 22.2 Å². The first kappa shape index (κ1) is 14.2. The predicted molar refractivity (Wildman–Crippen MR) is 57.0 cm³/mol. The molecule has 0 radical (unpaired) electrons. The first-order valence-corrected chi connectivity index (χ1v) is 5.17. The standard InChI is InChI=1S/C12H11F3O3/c13-12(14,15)10-3-1-2-8(7-10)6-9(4-5-16)11(17)18/h1-3,5,7,9H,4,6H2,(H,17,18). The van der Waals surface area contributed by atoms with Crippen LogP contribution in [-0.4, -0.2) is 17.4 Å². The number of carbonyl (C=O) groups excluding carboxylic acids is 1. The predicted octanol–water partition coefficient (Wildman–Crippen LogP) is 2.54. The zero-order chi connectivity index (χ0) is 13.8. The van der Waals surface area contributed by atoms with Crippen molar-refractivity contribution < 1.29 is 27.9 Å². The number of benzene rings is 1. The fraction of sp³-hybridized carbons (Fsp3) is 0.333. The Balaban J connectivity index is 2.90. The number of carbonyl (C=O) groups is 2. The molecule has 0 spiro atoms. The van der Waals surface area contributed by atoms with E-state index in [1.165, 1.54) is 12.1 Å². The molecule has 1 N–H and O–H groups in total. The van der Waals surface area contributed by atoms with Gasteiger partial charge in [0.2, 0.25) is 0 Å². The number of halogens is 3. The Hall–Kier alpha value is -1.85. The molecule has 0 aliphatic carbocycles. The summed E-state index contributed by atoms with van der Waals surface area (Å²) in [6.07, 6.45) is -4.32. The van der Waals surface area contributed by atoms with Crippen molar-refractivity contribution in [2.75, 3.05) is 0 Å². The van der Waals surface area contributed by atoms with Crippen LogP contribution in [0.25, 0.3) is 0 Å². The maximum absolute atomic E-state index is 12.4. The van der Waals surface area contributed by atoms with Gasteiger partial charge in [0.1, 0.15) is 6.29 Å². The smallest absolute Gasteiger partial charge is 0.416 e. The van der Waals surface area contributed by atoms with Crippen LogP contribution in [0.5, 0.6) is 0 Å². The molecule has 1 atom stereocenters. The third-order valence-corrected chi connectivity index (χ3v) is 2.47. The minimum Gasteiger partial charge on any atom is -0.481 e. The second-order valence-electron chi connectivity index (χ2n) is 3.84. The third kappa shape index (κ3) is 3.87. The summed E-state index contributed by atoms with van der Waals surface area (Å²) in [5.74, 6) is -2.19. The van der Waals surface area contributed by atoms with Crippen molar-refractivity contribution in [2.24, 2.45) is 5.92 Å². The fourth-order valence-corrected chi connectivity index (χ4v) is 1.55. The van der Waals surface area contributed by atoms with Crippen LogP contribution in [0.3, 0.4) is 0 Å². The number of hydrogen-bond acceptors (Lipinski definition) is 2. The maximum Gasteiger partial charge on any atom is 0.416 e. The van der Waals surface area contributed by atoms with E-state index in [9.17, 15) is 22.8 Å². The highest BCUT2D eigenvalue weighted by atomic mass is 19.4. The third-order valence-electron chi connectivity index (χ3n) is 2.47. The Labute approximate surface area is 101 Å². The minimum absolute atomic E-state index is 0.0992. The molecule has 0 aliphatic heterocycles. The fourth-order valence-electron chi connectivity index (χ4n) is 1.55. The quantitative estimate of drug-likeness (QED) is 0.828. The van der Waals surface area contributed by atoms with E-state index in [0.29, 0.717) is 6.29 Å². The lowest BCUT2D eigenvalue weighted by Crippen LogP contribution is -2.17. The van der Waals surface area contributed by atoms with E-state index in [4.69, 9.17) is 5.11 Å². The zero-order valence-electron chi connectivity index (χ0n) is 9.28. The van der Waals surface area contributed by atoms with E-state index in [0.717, 1.165) is 12.1 Å². The van der Waals surface area contributed by atoms with Gasteiger partial charge in [-0.05, 0) is 18.1 Å². The van der Waals surface area contributed by atoms with Crippen LogP contribution < -0.4 is 0 Å². The lowest BCUT2D eigenvalue weighted by atomic mass is 9.96. The van der Waals surface area contributed by atoms with Crippen LogP contribution in [0.15, 0.2) is 24.3 Å². The molecule has 1 rings (SSSR count). The van der Waals surface area contributed by atoms with Crippen molar-refractivity contribution >= 4 is 12.3 Å². The van der Waals surface area contributed by atoms with Crippen LogP contribution in [0.4, 0.5) is 13.2 Å². The van der Waals surface area contributed by atoms with Gasteiger partial charge in [-0.1, -0.05) is 18.2 Å². The van der Waals surface area contributed by atoms with Crippen molar-refractivity contribution in [1.82, 2.24) is 0 Å². The van der Waals surface area contributed by atoms with E-state index in [-0.39, 0.29) is 18.4 Å². The Bertz CT molecular complexity index is 440. The molecule has 98 valence electrons. The minimum atomic E-state index is -4.46. The molecule has 1 aromatic rings. The topological polar surface area (TPSA) is 54.4 Å². The van der Waals surface area contributed by atoms with Crippen LogP contribution >= 0.6 is 0 Å². The molecule has 3 nitrogen and oxygen atoms in total. The van der Waals surface area contributed by atoms with E-state index < -0.39 is 23.6 Å². The summed E-state index contributed by atoms with van der Waals surface area (Å²) in [6, 6.07) is 4.45. The van der Waals surface area contributed by atoms with Gasteiger partial charge < -0.3 is 9.90 Å². The number of carboxylic acids is 1. The average Bonchev–Trinajstić information content (AvgIpc) is 2.27. The lowest BCUT2D eigenvalue weighted by Gasteiger charge is -2.11. The summed E-state index contributed by atoms with van der Waals surface area (Å²) >= 11 is 0. The molecule has 0 aliphatic rings. The molecular weight excluding hydrogens is 249 g/mol. The average molecular weight is 260 g/mol. The Kier molecular flexibility index (Phi) is 4.47. The second kappa shape index (κ2) is 5.66. The Morgan fingerprint density at radius 3 is 2.56 bits per heavy atom. The molecule has 0 fully saturated rings. The molecule has 1 aromatic carbocycles. The molecule has 6 heteroatoms. The number of alkyl halides is 3. The summed E-state index contributed by atoms with van der Waals surface area (Å²) in [7, 11) is 0. The molecule has 1 unspecified atom stereocenters. The van der Waals surface area contributed by atoms with E-state index in [2.05, 4.69) is 0 Å². The molecule has 0 saturated carbocycles. The van der Waals surface area contributed by atoms with Gasteiger partial charge in [-0.15, -0.1) is 0 Å². The summed E-state index contributed by atoms with van der Waals surface area (Å²) in [4.78, 5) is 21.1. The van der Waals surface area contributed by atoms with Gasteiger partial charge in [-0.3, -0.25) is 4.79 Å². The van der Waals surface area contributed by atoms with Crippen LogP contribution in [0, 0.1) is 5.92 Å². The van der Waals surface area contributed by atoms with E-state index >= 15 is 0 Å². The number of hydrogen-bond donors (Lipinski definition) is 1. The van der Waals surface area contributed by atoms with Gasteiger partial charge in [-0.2, -0.15) is 13.2 Å². The van der Waals surface area contributed by atoms with E-state index in [1.54, 1.807) is 0 Å². The highest BCUT2D eigenvalue weighted by molar-refractivity contribution is 5.73. The number of aldehydes is 1. The summed E-state index contributed by atoms with van der Waals surface area (Å²) in [5.41, 5.74) is -0.575. The van der Waals surface area contributed by atoms with Gasteiger partial charge in [0.15, 0.2) is 0 Å².